The molecule has 0 atom stereocenters. The maximum absolute atomic E-state index is 10.6. The molecular weight excluding hydrogens is 238 g/mol. The molecule has 0 radical (unpaired) electrons. The van der Waals surface area contributed by atoms with Gasteiger partial charge in [0.1, 0.15) is 6.54 Å². The first-order valence-electron chi connectivity index (χ1n) is 7.36. The summed E-state index contributed by atoms with van der Waals surface area (Å²) in [5, 5.41) is 0. The molecule has 114 valence electrons. The highest BCUT2D eigenvalue weighted by atomic mass is 16.1. The van der Waals surface area contributed by atoms with Crippen LogP contribution >= 0.6 is 0 Å². The van der Waals surface area contributed by atoms with E-state index in [9.17, 15) is 4.79 Å². The average Bonchev–Trinajstić information content (AvgIpc) is 2.13. The summed E-state index contributed by atoms with van der Waals surface area (Å²) >= 11 is 0. The van der Waals surface area contributed by atoms with Crippen LogP contribution < -0.4 is 0 Å². The molecule has 0 spiro atoms. The van der Waals surface area contributed by atoms with Crippen molar-refractivity contribution >= 4 is 6.29 Å². The molecule has 0 aromatic rings. The Morgan fingerprint density at radius 2 is 1.11 bits per heavy atom. The fourth-order valence-electron chi connectivity index (χ4n) is 2.30. The number of rotatable bonds is 10. The van der Waals surface area contributed by atoms with Crippen molar-refractivity contribution in [1.82, 2.24) is 0 Å². The van der Waals surface area contributed by atoms with E-state index in [1.54, 1.807) is 0 Å². The van der Waals surface area contributed by atoms with Crippen molar-refractivity contribution in [2.75, 3.05) is 82.1 Å². The van der Waals surface area contributed by atoms with Gasteiger partial charge in [0, 0.05) is 12.8 Å². The van der Waals surface area contributed by atoms with Gasteiger partial charge in [-0.15, -0.1) is 0 Å². The summed E-state index contributed by atoms with van der Waals surface area (Å²) in [6.07, 6.45) is 3.47. The molecule has 0 saturated heterocycles. The fourth-order valence-corrected chi connectivity index (χ4v) is 2.30. The Kier molecular flexibility index (Phi) is 7.19. The molecule has 0 rings (SSSR count). The monoisotopic (exact) mass is 274 g/mol. The normalized spacial score (nSPS) is 13.6. The second-order valence-electron chi connectivity index (χ2n) is 8.11. The third-order valence-corrected chi connectivity index (χ3v) is 3.69. The minimum atomic E-state index is 0.620. The van der Waals surface area contributed by atoms with Crippen molar-refractivity contribution in [2.24, 2.45) is 0 Å². The molecule has 4 heteroatoms. The number of carbonyl (C=O) groups is 1. The summed E-state index contributed by atoms with van der Waals surface area (Å²) in [7, 11) is 15.6. The maximum atomic E-state index is 10.6. The van der Waals surface area contributed by atoms with Gasteiger partial charge in [0.05, 0.1) is 75.5 Å². The van der Waals surface area contributed by atoms with E-state index >= 15 is 0 Å². The Bertz CT molecular complexity index is 267. The van der Waals surface area contributed by atoms with E-state index in [1.807, 2.05) is 0 Å². The molecule has 0 amide bonds. The van der Waals surface area contributed by atoms with Gasteiger partial charge in [0.2, 0.25) is 0 Å². The first-order chi connectivity index (χ1) is 8.47. The molecule has 0 aliphatic heterocycles. The zero-order valence-corrected chi connectivity index (χ0v) is 14.3. The van der Waals surface area contributed by atoms with E-state index < -0.39 is 0 Å². The van der Waals surface area contributed by atoms with Crippen molar-refractivity contribution < 1.29 is 18.2 Å². The van der Waals surface area contributed by atoms with Crippen molar-refractivity contribution in [3.63, 3.8) is 0 Å². The van der Waals surface area contributed by atoms with E-state index in [2.05, 4.69) is 49.3 Å². The first kappa shape index (κ1) is 18.6. The Balaban J connectivity index is 3.93. The zero-order chi connectivity index (χ0) is 15.2. The van der Waals surface area contributed by atoms with Crippen molar-refractivity contribution in [3.05, 3.63) is 0 Å². The Morgan fingerprint density at radius 1 is 0.684 bits per heavy atom. The molecule has 0 bridgehead atoms. The first-order valence-corrected chi connectivity index (χ1v) is 7.36. The number of quaternary nitrogens is 3. The number of hydrogen-bond donors (Lipinski definition) is 0. The molecule has 0 unspecified atom stereocenters. The van der Waals surface area contributed by atoms with Gasteiger partial charge in [-0.1, -0.05) is 0 Å². The summed E-state index contributed by atoms with van der Waals surface area (Å²) < 4.78 is 2.94. The standard InChI is InChI=1S/C15H36N3O/c1-16(2,3)10-8-11-17(4,5)12-9-13-18(6,7)14-15-19/h15H,8-14H2,1-7H3/q+3. The molecule has 0 N–H and O–H groups in total. The molecule has 0 aliphatic rings. The Labute approximate surface area is 120 Å². The Morgan fingerprint density at radius 3 is 1.53 bits per heavy atom. The molecule has 0 saturated carbocycles. The highest BCUT2D eigenvalue weighted by Gasteiger charge is 2.20. The van der Waals surface area contributed by atoms with Gasteiger partial charge in [0.15, 0.2) is 6.29 Å². The van der Waals surface area contributed by atoms with Crippen LogP contribution in [0, 0.1) is 0 Å². The van der Waals surface area contributed by atoms with E-state index in [4.69, 9.17) is 0 Å². The lowest BCUT2D eigenvalue weighted by molar-refractivity contribution is -0.911. The number of carbonyl (C=O) groups excluding carboxylic acids is 1. The molecule has 19 heavy (non-hydrogen) atoms. The minimum absolute atomic E-state index is 0.620. The van der Waals surface area contributed by atoms with Crippen LogP contribution in [0.4, 0.5) is 0 Å². The molecule has 0 aliphatic carbocycles. The highest BCUT2D eigenvalue weighted by molar-refractivity contribution is 5.50. The molecule has 0 aromatic carbocycles. The highest BCUT2D eigenvalue weighted by Crippen LogP contribution is 2.06. The lowest BCUT2D eigenvalue weighted by Gasteiger charge is -2.33. The molecular formula is C15H36N3O+3. The van der Waals surface area contributed by atoms with E-state index in [0.717, 1.165) is 26.3 Å². The van der Waals surface area contributed by atoms with Crippen LogP contribution in [0.3, 0.4) is 0 Å². The minimum Gasteiger partial charge on any atom is -0.331 e. The van der Waals surface area contributed by atoms with Crippen LogP contribution in [0.15, 0.2) is 0 Å². The van der Waals surface area contributed by atoms with Gasteiger partial charge in [0.25, 0.3) is 0 Å². The van der Waals surface area contributed by atoms with Crippen LogP contribution in [0.1, 0.15) is 12.8 Å². The van der Waals surface area contributed by atoms with Gasteiger partial charge in [-0.05, 0) is 0 Å². The number of hydrogen-bond acceptors (Lipinski definition) is 1. The van der Waals surface area contributed by atoms with Gasteiger partial charge in [-0.3, -0.25) is 4.79 Å². The third-order valence-electron chi connectivity index (χ3n) is 3.69. The topological polar surface area (TPSA) is 17.1 Å². The van der Waals surface area contributed by atoms with Crippen molar-refractivity contribution in [1.29, 1.82) is 0 Å². The largest absolute Gasteiger partial charge is 0.331 e. The lowest BCUT2D eigenvalue weighted by atomic mass is 10.2. The molecule has 4 nitrogen and oxygen atoms in total. The van der Waals surface area contributed by atoms with E-state index in [0.29, 0.717) is 6.54 Å². The Hall–Kier alpha value is -0.450. The lowest BCUT2D eigenvalue weighted by Crippen LogP contribution is -2.47. The van der Waals surface area contributed by atoms with Crippen LogP contribution in [0.5, 0.6) is 0 Å². The van der Waals surface area contributed by atoms with E-state index in [-0.39, 0.29) is 0 Å². The quantitative estimate of drug-likeness (QED) is 0.426. The van der Waals surface area contributed by atoms with Crippen LogP contribution in [-0.4, -0.2) is 102 Å². The fraction of sp³-hybridized carbons (Fsp3) is 0.933. The summed E-state index contributed by atoms with van der Waals surface area (Å²) in [6.45, 7) is 5.35. The summed E-state index contributed by atoms with van der Waals surface area (Å²) in [4.78, 5) is 10.6. The maximum Gasteiger partial charge on any atom is 0.174 e. The summed E-state index contributed by atoms with van der Waals surface area (Å²) in [5.41, 5.74) is 0. The van der Waals surface area contributed by atoms with Crippen molar-refractivity contribution in [2.45, 2.75) is 12.8 Å². The van der Waals surface area contributed by atoms with E-state index in [1.165, 1.54) is 32.5 Å². The van der Waals surface area contributed by atoms with Gasteiger partial charge >= 0.3 is 0 Å². The van der Waals surface area contributed by atoms with Crippen molar-refractivity contribution in [3.8, 4) is 0 Å². The zero-order valence-electron chi connectivity index (χ0n) is 14.3. The summed E-state index contributed by atoms with van der Waals surface area (Å²) in [6, 6.07) is 0. The predicted molar refractivity (Wildman–Crippen MR) is 81.9 cm³/mol. The third kappa shape index (κ3) is 11.1. The predicted octanol–water partition coefficient (Wildman–Crippen LogP) is 0.825. The van der Waals surface area contributed by atoms with Gasteiger partial charge in [-0.2, -0.15) is 0 Å². The number of likely N-dealkylation sites (N-methyl/N-ethyl adjacent to an activating group) is 1. The van der Waals surface area contributed by atoms with Gasteiger partial charge < -0.3 is 13.4 Å². The van der Waals surface area contributed by atoms with Gasteiger partial charge in [-0.25, -0.2) is 0 Å². The second kappa shape index (κ2) is 7.36. The molecule has 0 heterocycles. The molecule has 0 fully saturated rings. The average molecular weight is 274 g/mol. The smallest absolute Gasteiger partial charge is 0.174 e. The summed E-state index contributed by atoms with van der Waals surface area (Å²) in [5.74, 6) is 0. The number of nitrogens with zero attached hydrogens (tertiary/aromatic N) is 3. The second-order valence-corrected chi connectivity index (χ2v) is 8.11. The number of aldehydes is 1. The van der Waals surface area contributed by atoms with Crippen LogP contribution in [0.25, 0.3) is 0 Å². The molecule has 0 aromatic heterocycles. The van der Waals surface area contributed by atoms with Crippen LogP contribution in [0.2, 0.25) is 0 Å². The SMILES string of the molecule is C[N+](C)(C)CCC[N+](C)(C)CCC[N+](C)(C)CC=O. The van der Waals surface area contributed by atoms with Crippen LogP contribution in [-0.2, 0) is 4.79 Å².